The quantitative estimate of drug-likeness (QED) is 0.846. The molecule has 0 spiro atoms. The molecule has 2 atom stereocenters. The van der Waals surface area contributed by atoms with E-state index >= 15 is 0 Å². The first-order chi connectivity index (χ1) is 10.1. The number of benzene rings is 1. The van der Waals surface area contributed by atoms with E-state index in [-0.39, 0.29) is 5.54 Å². The predicted molar refractivity (Wildman–Crippen MR) is 88.3 cm³/mol. The lowest BCUT2D eigenvalue weighted by atomic mass is 9.80. The van der Waals surface area contributed by atoms with Crippen molar-refractivity contribution in [2.24, 2.45) is 16.9 Å². The van der Waals surface area contributed by atoms with Crippen LogP contribution in [-0.2, 0) is 6.54 Å². The first-order valence-corrected chi connectivity index (χ1v) is 8.14. The van der Waals surface area contributed by atoms with E-state index < -0.39 is 0 Å². The van der Waals surface area contributed by atoms with Gasteiger partial charge in [0, 0.05) is 38.8 Å². The Labute approximate surface area is 128 Å². The molecule has 0 radical (unpaired) electrons. The molecule has 1 aromatic carbocycles. The number of likely N-dealkylation sites (tertiary alicyclic amines) is 1. The van der Waals surface area contributed by atoms with Crippen LogP contribution in [0.4, 0.5) is 0 Å². The Bertz CT molecular complexity index is 494. The first kappa shape index (κ1) is 14.6. The summed E-state index contributed by atoms with van der Waals surface area (Å²) in [7, 11) is 0. The molecule has 3 rings (SSSR count). The van der Waals surface area contributed by atoms with Crippen LogP contribution in [0.25, 0.3) is 0 Å². The van der Waals surface area contributed by atoms with Gasteiger partial charge in [0.15, 0.2) is 0 Å². The minimum Gasteiger partial charge on any atom is -0.298 e. The number of hydrogen-bond donors (Lipinski definition) is 0. The van der Waals surface area contributed by atoms with Crippen molar-refractivity contribution in [3.05, 3.63) is 35.9 Å². The molecule has 2 aliphatic rings. The molecule has 1 fully saturated rings. The summed E-state index contributed by atoms with van der Waals surface area (Å²) in [5.41, 5.74) is 1.57. The summed E-state index contributed by atoms with van der Waals surface area (Å²) >= 11 is 0. The summed E-state index contributed by atoms with van der Waals surface area (Å²) < 4.78 is 0. The predicted octanol–water partition coefficient (Wildman–Crippen LogP) is 3.22. The third-order valence-electron chi connectivity index (χ3n) is 5.20. The highest BCUT2D eigenvalue weighted by Gasteiger charge is 2.43. The van der Waals surface area contributed by atoms with Gasteiger partial charge in [-0.05, 0) is 31.2 Å². The van der Waals surface area contributed by atoms with Gasteiger partial charge in [-0.2, -0.15) is 5.10 Å². The zero-order valence-corrected chi connectivity index (χ0v) is 13.5. The van der Waals surface area contributed by atoms with Crippen molar-refractivity contribution in [3.63, 3.8) is 0 Å². The van der Waals surface area contributed by atoms with Crippen LogP contribution in [0, 0.1) is 11.8 Å². The van der Waals surface area contributed by atoms with E-state index in [1.165, 1.54) is 18.7 Å². The number of hydrogen-bond acceptors (Lipinski definition) is 3. The van der Waals surface area contributed by atoms with E-state index in [1.54, 1.807) is 0 Å². The molecule has 114 valence electrons. The largest absolute Gasteiger partial charge is 0.298 e. The maximum absolute atomic E-state index is 4.59. The average molecular weight is 285 g/mol. The molecule has 21 heavy (non-hydrogen) atoms. The molecular formula is C18H27N3. The fourth-order valence-electron chi connectivity index (χ4n) is 3.98. The standard InChI is InChI=1S/C18H27N3/c1-15-12-20(13-16-8-5-4-6-9-16)14-17(15)18(2,3)21-11-7-10-19-21/h4-6,8-10,15,17H,7,11-14H2,1-3H3/t15-,17-/m1/s1. The van der Waals surface area contributed by atoms with Crippen LogP contribution in [-0.4, -0.2) is 41.3 Å². The molecule has 0 amide bonds. The van der Waals surface area contributed by atoms with Gasteiger partial charge in [0.05, 0.1) is 5.54 Å². The number of rotatable bonds is 4. The van der Waals surface area contributed by atoms with E-state index in [4.69, 9.17) is 0 Å². The van der Waals surface area contributed by atoms with Crippen LogP contribution in [0.1, 0.15) is 32.8 Å². The van der Waals surface area contributed by atoms with Crippen molar-refractivity contribution in [3.8, 4) is 0 Å². The van der Waals surface area contributed by atoms with Gasteiger partial charge in [0.25, 0.3) is 0 Å². The molecule has 3 heteroatoms. The lowest BCUT2D eigenvalue weighted by Gasteiger charge is -2.41. The highest BCUT2D eigenvalue weighted by Crippen LogP contribution is 2.37. The summed E-state index contributed by atoms with van der Waals surface area (Å²) in [6.07, 6.45) is 3.15. The summed E-state index contributed by atoms with van der Waals surface area (Å²) in [5.74, 6) is 1.40. The third kappa shape index (κ3) is 2.98. The van der Waals surface area contributed by atoms with E-state index in [2.05, 4.69) is 72.3 Å². The molecule has 0 unspecified atom stereocenters. The Morgan fingerprint density at radius 3 is 2.62 bits per heavy atom. The molecule has 2 heterocycles. The minimum atomic E-state index is 0.151. The summed E-state index contributed by atoms with van der Waals surface area (Å²) in [6, 6.07) is 10.8. The minimum absolute atomic E-state index is 0.151. The Balaban J connectivity index is 1.67. The average Bonchev–Trinajstić information content (AvgIpc) is 3.10. The highest BCUT2D eigenvalue weighted by molar-refractivity contribution is 5.58. The van der Waals surface area contributed by atoms with E-state index in [0.29, 0.717) is 5.92 Å². The van der Waals surface area contributed by atoms with E-state index in [9.17, 15) is 0 Å². The van der Waals surface area contributed by atoms with Crippen molar-refractivity contribution in [1.29, 1.82) is 0 Å². The molecule has 0 aromatic heterocycles. The fourth-order valence-corrected chi connectivity index (χ4v) is 3.98. The monoisotopic (exact) mass is 285 g/mol. The van der Waals surface area contributed by atoms with Gasteiger partial charge in [0.1, 0.15) is 0 Å². The zero-order chi connectivity index (χ0) is 14.9. The lowest BCUT2D eigenvalue weighted by Crippen LogP contribution is -2.48. The van der Waals surface area contributed by atoms with Crippen molar-refractivity contribution in [2.75, 3.05) is 19.6 Å². The van der Waals surface area contributed by atoms with Crippen LogP contribution in [0.2, 0.25) is 0 Å². The van der Waals surface area contributed by atoms with Gasteiger partial charge in [-0.3, -0.25) is 9.91 Å². The van der Waals surface area contributed by atoms with Gasteiger partial charge in [-0.15, -0.1) is 0 Å². The van der Waals surface area contributed by atoms with Crippen molar-refractivity contribution >= 4 is 6.21 Å². The third-order valence-corrected chi connectivity index (χ3v) is 5.20. The maximum atomic E-state index is 4.59. The normalized spacial score (nSPS) is 26.7. The molecule has 1 aromatic rings. The topological polar surface area (TPSA) is 18.8 Å². The SMILES string of the molecule is C[C@@H]1CN(Cc2ccccc2)C[C@H]1C(C)(C)N1CCC=N1. The van der Waals surface area contributed by atoms with Crippen LogP contribution in [0.15, 0.2) is 35.4 Å². The highest BCUT2D eigenvalue weighted by atomic mass is 15.5. The van der Waals surface area contributed by atoms with Gasteiger partial charge in [-0.1, -0.05) is 37.3 Å². The molecule has 0 saturated carbocycles. The van der Waals surface area contributed by atoms with Crippen LogP contribution in [0.3, 0.4) is 0 Å². The van der Waals surface area contributed by atoms with E-state index in [1.807, 2.05) is 0 Å². The second-order valence-electron chi connectivity index (χ2n) is 7.13. The van der Waals surface area contributed by atoms with Gasteiger partial charge in [0.2, 0.25) is 0 Å². The smallest absolute Gasteiger partial charge is 0.0566 e. The fraction of sp³-hybridized carbons (Fsp3) is 0.611. The summed E-state index contributed by atoms with van der Waals surface area (Å²) in [6.45, 7) is 11.6. The number of hydrazone groups is 1. The molecule has 3 nitrogen and oxygen atoms in total. The molecule has 0 aliphatic carbocycles. The van der Waals surface area contributed by atoms with Gasteiger partial charge in [-0.25, -0.2) is 0 Å². The van der Waals surface area contributed by atoms with Crippen molar-refractivity contribution in [1.82, 2.24) is 9.91 Å². The second-order valence-corrected chi connectivity index (χ2v) is 7.13. The zero-order valence-electron chi connectivity index (χ0n) is 13.5. The Kier molecular flexibility index (Phi) is 4.03. The molecule has 0 bridgehead atoms. The molecular weight excluding hydrogens is 258 g/mol. The second kappa shape index (κ2) is 5.80. The maximum Gasteiger partial charge on any atom is 0.0566 e. The van der Waals surface area contributed by atoms with Crippen LogP contribution >= 0.6 is 0 Å². The number of nitrogens with zero attached hydrogens (tertiary/aromatic N) is 3. The lowest BCUT2D eigenvalue weighted by molar-refractivity contribution is 0.0639. The van der Waals surface area contributed by atoms with Crippen molar-refractivity contribution < 1.29 is 0 Å². The Hall–Kier alpha value is -1.35. The Morgan fingerprint density at radius 2 is 1.95 bits per heavy atom. The van der Waals surface area contributed by atoms with Crippen molar-refractivity contribution in [2.45, 2.75) is 39.3 Å². The van der Waals surface area contributed by atoms with Crippen LogP contribution < -0.4 is 0 Å². The van der Waals surface area contributed by atoms with Gasteiger partial charge >= 0.3 is 0 Å². The van der Waals surface area contributed by atoms with Gasteiger partial charge < -0.3 is 0 Å². The summed E-state index contributed by atoms with van der Waals surface area (Å²) in [4.78, 5) is 2.60. The Morgan fingerprint density at radius 1 is 1.19 bits per heavy atom. The molecule has 0 N–H and O–H groups in total. The summed E-state index contributed by atoms with van der Waals surface area (Å²) in [5, 5.41) is 6.89. The van der Waals surface area contributed by atoms with E-state index in [0.717, 1.165) is 25.4 Å². The molecule has 1 saturated heterocycles. The first-order valence-electron chi connectivity index (χ1n) is 8.14. The molecule has 2 aliphatic heterocycles. The van der Waals surface area contributed by atoms with Crippen LogP contribution in [0.5, 0.6) is 0 Å².